The van der Waals surface area contributed by atoms with Crippen molar-refractivity contribution in [1.82, 2.24) is 5.32 Å². The van der Waals surface area contributed by atoms with Crippen molar-refractivity contribution >= 4 is 0 Å². The Hall–Kier alpha value is -0.120. The Balaban J connectivity index is 2.52. The first-order valence-electron chi connectivity index (χ1n) is 3.63. The maximum absolute atomic E-state index is 9.55. The predicted octanol–water partition coefficient (Wildman–Crippen LogP) is 0.0933. The van der Waals surface area contributed by atoms with E-state index in [-0.39, 0.29) is 0 Å². The van der Waals surface area contributed by atoms with Gasteiger partial charge in [-0.25, -0.2) is 0 Å². The number of hydrogen-bond donors (Lipinski definition) is 2. The average molecular weight is 145 g/mol. The molecular weight excluding hydrogens is 130 g/mol. The van der Waals surface area contributed by atoms with Crippen LogP contribution in [-0.2, 0) is 4.74 Å². The topological polar surface area (TPSA) is 44.8 Å². The molecule has 0 aliphatic carbocycles. The molecule has 1 rings (SSSR count). The highest BCUT2D eigenvalue weighted by atomic mass is 16.6. The van der Waals surface area contributed by atoms with Crippen LogP contribution in [0.2, 0.25) is 0 Å². The molecule has 1 fully saturated rings. The summed E-state index contributed by atoms with van der Waals surface area (Å²) in [4.78, 5) is 0. The van der Waals surface area contributed by atoms with E-state index in [0.29, 0.717) is 6.61 Å². The van der Waals surface area contributed by atoms with E-state index in [1.165, 1.54) is 0 Å². The molecule has 1 aliphatic heterocycles. The van der Waals surface area contributed by atoms with Crippen LogP contribution in [0.1, 0.15) is 20.8 Å². The summed E-state index contributed by atoms with van der Waals surface area (Å²) in [6.07, 6.45) is 0. The van der Waals surface area contributed by atoms with Crippen molar-refractivity contribution in [2.75, 3.05) is 13.2 Å². The maximum Gasteiger partial charge on any atom is 0.171 e. The molecule has 1 atom stereocenters. The number of aliphatic hydroxyl groups is 1. The Labute approximate surface area is 61.4 Å². The first-order valence-corrected chi connectivity index (χ1v) is 3.63. The molecule has 10 heavy (non-hydrogen) atoms. The Morgan fingerprint density at radius 1 is 1.70 bits per heavy atom. The minimum Gasteiger partial charge on any atom is -0.386 e. The second kappa shape index (κ2) is 2.19. The highest BCUT2D eigenvalue weighted by Gasteiger charge is 2.55. The van der Waals surface area contributed by atoms with E-state index < -0.39 is 11.3 Å². The van der Waals surface area contributed by atoms with Gasteiger partial charge in [-0.1, -0.05) is 6.92 Å². The second-order valence-corrected chi connectivity index (χ2v) is 3.21. The van der Waals surface area contributed by atoms with Crippen LogP contribution in [-0.4, -0.2) is 29.6 Å². The first-order chi connectivity index (χ1) is 4.52. The molecule has 0 aromatic rings. The van der Waals surface area contributed by atoms with Gasteiger partial charge in [0, 0.05) is 0 Å². The van der Waals surface area contributed by atoms with Crippen LogP contribution in [0.15, 0.2) is 0 Å². The summed E-state index contributed by atoms with van der Waals surface area (Å²) in [5, 5.41) is 12.7. The summed E-state index contributed by atoms with van der Waals surface area (Å²) in [7, 11) is 0. The zero-order chi connectivity index (χ0) is 7.83. The smallest absolute Gasteiger partial charge is 0.171 e. The third kappa shape index (κ3) is 1.17. The summed E-state index contributed by atoms with van der Waals surface area (Å²) in [6, 6.07) is 0. The fraction of sp³-hybridized carbons (Fsp3) is 1.00. The van der Waals surface area contributed by atoms with Crippen molar-refractivity contribution in [3.8, 4) is 0 Å². The van der Waals surface area contributed by atoms with Gasteiger partial charge < -0.3 is 9.84 Å². The van der Waals surface area contributed by atoms with Crippen LogP contribution in [0.5, 0.6) is 0 Å². The predicted molar refractivity (Wildman–Crippen MR) is 38.7 cm³/mol. The SMILES string of the molecule is CCNC1(C(C)(C)O)CO1. The Kier molecular flexibility index (Phi) is 1.75. The van der Waals surface area contributed by atoms with Crippen LogP contribution >= 0.6 is 0 Å². The lowest BCUT2D eigenvalue weighted by Crippen LogP contribution is -2.50. The van der Waals surface area contributed by atoms with Crippen LogP contribution in [0.3, 0.4) is 0 Å². The van der Waals surface area contributed by atoms with Crippen LogP contribution in [0.4, 0.5) is 0 Å². The van der Waals surface area contributed by atoms with Gasteiger partial charge in [-0.05, 0) is 20.4 Å². The maximum atomic E-state index is 9.55. The van der Waals surface area contributed by atoms with E-state index in [1.54, 1.807) is 13.8 Å². The standard InChI is InChI=1S/C7H15NO2/c1-4-8-7(5-10-7)6(2,3)9/h8-9H,4-5H2,1-3H3. The number of nitrogens with one attached hydrogen (secondary N) is 1. The van der Waals surface area contributed by atoms with E-state index >= 15 is 0 Å². The Bertz CT molecular complexity index is 124. The van der Waals surface area contributed by atoms with E-state index in [4.69, 9.17) is 4.74 Å². The fourth-order valence-electron chi connectivity index (χ4n) is 1.03. The molecule has 1 aliphatic rings. The molecule has 0 aromatic carbocycles. The average Bonchev–Trinajstić information content (AvgIpc) is 2.45. The Morgan fingerprint density at radius 3 is 2.30 bits per heavy atom. The largest absolute Gasteiger partial charge is 0.386 e. The molecule has 0 aromatic heterocycles. The number of hydrogen-bond acceptors (Lipinski definition) is 3. The molecule has 3 heteroatoms. The molecule has 1 heterocycles. The highest BCUT2D eigenvalue weighted by Crippen LogP contribution is 2.34. The van der Waals surface area contributed by atoms with Gasteiger partial charge in [-0.3, -0.25) is 5.32 Å². The molecule has 0 radical (unpaired) electrons. The molecule has 3 nitrogen and oxygen atoms in total. The first kappa shape index (κ1) is 7.98. The van der Waals surface area contributed by atoms with Crippen molar-refractivity contribution in [1.29, 1.82) is 0 Å². The van der Waals surface area contributed by atoms with Gasteiger partial charge in [0.1, 0.15) is 5.60 Å². The molecule has 1 unspecified atom stereocenters. The van der Waals surface area contributed by atoms with Crippen molar-refractivity contribution in [3.63, 3.8) is 0 Å². The van der Waals surface area contributed by atoms with Crippen LogP contribution in [0.25, 0.3) is 0 Å². The number of likely N-dealkylation sites (N-methyl/N-ethyl adjacent to an activating group) is 1. The summed E-state index contributed by atoms with van der Waals surface area (Å²) in [5.41, 5.74) is -1.23. The number of rotatable bonds is 3. The zero-order valence-corrected chi connectivity index (χ0v) is 6.77. The number of epoxide rings is 1. The van der Waals surface area contributed by atoms with E-state index in [2.05, 4.69) is 5.32 Å². The minimum absolute atomic E-state index is 0.457. The van der Waals surface area contributed by atoms with Gasteiger partial charge >= 0.3 is 0 Å². The normalized spacial score (nSPS) is 32.4. The van der Waals surface area contributed by atoms with Crippen molar-refractivity contribution in [2.24, 2.45) is 0 Å². The lowest BCUT2D eigenvalue weighted by atomic mass is 10.00. The van der Waals surface area contributed by atoms with Gasteiger partial charge in [0.2, 0.25) is 0 Å². The summed E-state index contributed by atoms with van der Waals surface area (Å²) < 4.78 is 5.14. The molecule has 60 valence electrons. The van der Waals surface area contributed by atoms with Gasteiger partial charge in [0.15, 0.2) is 5.72 Å². The van der Waals surface area contributed by atoms with Crippen LogP contribution < -0.4 is 5.32 Å². The molecule has 2 N–H and O–H groups in total. The highest BCUT2D eigenvalue weighted by molar-refractivity contribution is 5.01. The molecular formula is C7H15NO2. The molecule has 0 amide bonds. The summed E-state index contributed by atoms with van der Waals surface area (Å²) >= 11 is 0. The molecule has 1 saturated heterocycles. The van der Waals surface area contributed by atoms with Gasteiger partial charge in [-0.2, -0.15) is 0 Å². The van der Waals surface area contributed by atoms with Crippen molar-refractivity contribution in [2.45, 2.75) is 32.1 Å². The van der Waals surface area contributed by atoms with Crippen LogP contribution in [0, 0.1) is 0 Å². The van der Waals surface area contributed by atoms with E-state index in [0.717, 1.165) is 6.54 Å². The third-order valence-electron chi connectivity index (χ3n) is 1.88. The zero-order valence-electron chi connectivity index (χ0n) is 6.77. The van der Waals surface area contributed by atoms with Crippen molar-refractivity contribution < 1.29 is 9.84 Å². The molecule has 0 spiro atoms. The third-order valence-corrected chi connectivity index (χ3v) is 1.88. The summed E-state index contributed by atoms with van der Waals surface area (Å²) in [6.45, 7) is 6.94. The van der Waals surface area contributed by atoms with Gasteiger partial charge in [0.05, 0.1) is 6.61 Å². The Morgan fingerprint density at radius 2 is 2.20 bits per heavy atom. The van der Waals surface area contributed by atoms with Gasteiger partial charge in [0.25, 0.3) is 0 Å². The molecule has 0 saturated carbocycles. The van der Waals surface area contributed by atoms with Crippen molar-refractivity contribution in [3.05, 3.63) is 0 Å². The minimum atomic E-state index is -0.775. The van der Waals surface area contributed by atoms with Gasteiger partial charge in [-0.15, -0.1) is 0 Å². The van der Waals surface area contributed by atoms with E-state index in [9.17, 15) is 5.11 Å². The quantitative estimate of drug-likeness (QED) is 0.553. The van der Waals surface area contributed by atoms with E-state index in [1.807, 2.05) is 6.92 Å². The fourth-order valence-corrected chi connectivity index (χ4v) is 1.03. The lowest BCUT2D eigenvalue weighted by molar-refractivity contribution is -0.0215. The lowest BCUT2D eigenvalue weighted by Gasteiger charge is -2.26. The monoisotopic (exact) mass is 145 g/mol. The second-order valence-electron chi connectivity index (χ2n) is 3.21. The molecule has 0 bridgehead atoms. The number of ether oxygens (including phenoxy) is 1. The summed E-state index contributed by atoms with van der Waals surface area (Å²) in [5.74, 6) is 0.